The van der Waals surface area contributed by atoms with Gasteiger partial charge in [-0.3, -0.25) is 9.52 Å². The summed E-state index contributed by atoms with van der Waals surface area (Å²) in [6.45, 7) is 2.44. The van der Waals surface area contributed by atoms with E-state index in [1.807, 2.05) is 0 Å². The van der Waals surface area contributed by atoms with Crippen LogP contribution in [0, 0.1) is 6.92 Å². The van der Waals surface area contributed by atoms with Gasteiger partial charge in [-0.1, -0.05) is 30.3 Å². The molecular formula is C17H20N2O4S. The minimum Gasteiger partial charge on any atom is -0.383 e. The lowest BCUT2D eigenvalue weighted by Crippen LogP contribution is -2.28. The number of anilines is 1. The van der Waals surface area contributed by atoms with Crippen LogP contribution in [-0.2, 0) is 14.8 Å². The van der Waals surface area contributed by atoms with Crippen LogP contribution in [-0.4, -0.2) is 34.6 Å². The normalized spacial score (nSPS) is 11.1. The van der Waals surface area contributed by atoms with Crippen molar-refractivity contribution in [3.05, 3.63) is 59.7 Å². The van der Waals surface area contributed by atoms with Gasteiger partial charge in [0, 0.05) is 13.7 Å². The summed E-state index contributed by atoms with van der Waals surface area (Å²) >= 11 is 0. The van der Waals surface area contributed by atoms with Crippen LogP contribution in [0.2, 0.25) is 0 Å². The van der Waals surface area contributed by atoms with Gasteiger partial charge in [-0.25, -0.2) is 8.42 Å². The van der Waals surface area contributed by atoms with E-state index in [-0.39, 0.29) is 22.1 Å². The molecule has 6 nitrogen and oxygen atoms in total. The van der Waals surface area contributed by atoms with Crippen molar-refractivity contribution < 1.29 is 17.9 Å². The third kappa shape index (κ3) is 4.33. The minimum absolute atomic E-state index is 0.180. The number of amides is 1. The molecule has 2 aromatic carbocycles. The summed E-state index contributed by atoms with van der Waals surface area (Å²) in [5, 5.41) is 2.68. The number of carbonyl (C=O) groups is 1. The Bertz CT molecular complexity index is 819. The molecule has 0 saturated carbocycles. The van der Waals surface area contributed by atoms with E-state index in [0.29, 0.717) is 18.7 Å². The number of nitrogens with one attached hydrogen (secondary N) is 2. The predicted octanol–water partition coefficient (Wildman–Crippen LogP) is 2.17. The van der Waals surface area contributed by atoms with E-state index in [9.17, 15) is 13.2 Å². The Hall–Kier alpha value is -2.38. The topological polar surface area (TPSA) is 84.5 Å². The largest absolute Gasteiger partial charge is 0.383 e. The van der Waals surface area contributed by atoms with Gasteiger partial charge >= 0.3 is 0 Å². The third-order valence-corrected chi connectivity index (χ3v) is 4.92. The van der Waals surface area contributed by atoms with Gasteiger partial charge in [-0.05, 0) is 30.7 Å². The highest BCUT2D eigenvalue weighted by molar-refractivity contribution is 7.92. The lowest BCUT2D eigenvalue weighted by molar-refractivity contribution is 0.0938. The highest BCUT2D eigenvalue weighted by Gasteiger charge is 2.19. The zero-order valence-corrected chi connectivity index (χ0v) is 14.4. The van der Waals surface area contributed by atoms with Crippen molar-refractivity contribution in [3.8, 4) is 0 Å². The fourth-order valence-corrected chi connectivity index (χ4v) is 3.52. The standard InChI is InChI=1S/C17H20N2O4S/c1-13-7-3-6-10-16(13)24(21,22)19-15-9-5-4-8-14(15)17(20)18-11-12-23-2/h3-10,19H,11-12H2,1-2H3,(H,18,20). The molecule has 0 radical (unpaired) electrons. The maximum Gasteiger partial charge on any atom is 0.262 e. The molecule has 24 heavy (non-hydrogen) atoms. The molecule has 1 amide bonds. The fourth-order valence-electron chi connectivity index (χ4n) is 2.19. The number of methoxy groups -OCH3 is 1. The third-order valence-electron chi connectivity index (χ3n) is 3.39. The van der Waals surface area contributed by atoms with Crippen LogP contribution in [0.1, 0.15) is 15.9 Å². The van der Waals surface area contributed by atoms with Gasteiger partial charge < -0.3 is 10.1 Å². The van der Waals surface area contributed by atoms with Crippen molar-refractivity contribution in [1.29, 1.82) is 0 Å². The summed E-state index contributed by atoms with van der Waals surface area (Å²) in [7, 11) is -2.24. The second-order valence-electron chi connectivity index (χ2n) is 5.17. The summed E-state index contributed by atoms with van der Waals surface area (Å²) in [5.74, 6) is -0.366. The van der Waals surface area contributed by atoms with Crippen LogP contribution < -0.4 is 10.0 Å². The smallest absolute Gasteiger partial charge is 0.262 e. The van der Waals surface area contributed by atoms with Crippen molar-refractivity contribution in [2.75, 3.05) is 25.0 Å². The zero-order chi connectivity index (χ0) is 17.6. The molecule has 0 aliphatic rings. The van der Waals surface area contributed by atoms with Crippen LogP contribution in [0.25, 0.3) is 0 Å². The van der Waals surface area contributed by atoms with E-state index in [2.05, 4.69) is 10.0 Å². The average Bonchev–Trinajstić information content (AvgIpc) is 2.55. The number of rotatable bonds is 7. The van der Waals surface area contributed by atoms with E-state index >= 15 is 0 Å². The quantitative estimate of drug-likeness (QED) is 0.751. The Labute approximate surface area is 141 Å². The van der Waals surface area contributed by atoms with Crippen molar-refractivity contribution in [1.82, 2.24) is 5.32 Å². The SMILES string of the molecule is COCCNC(=O)c1ccccc1NS(=O)(=O)c1ccccc1C. The molecule has 0 spiro atoms. The maximum absolute atomic E-state index is 12.6. The molecule has 128 valence electrons. The van der Waals surface area contributed by atoms with Crippen molar-refractivity contribution in [2.24, 2.45) is 0 Å². The van der Waals surface area contributed by atoms with E-state index in [0.717, 1.165) is 0 Å². The van der Waals surface area contributed by atoms with E-state index in [1.165, 1.54) is 13.2 Å². The Morgan fingerprint density at radius 1 is 1.08 bits per heavy atom. The molecule has 2 N–H and O–H groups in total. The highest BCUT2D eigenvalue weighted by Crippen LogP contribution is 2.22. The number of benzene rings is 2. The lowest BCUT2D eigenvalue weighted by atomic mass is 10.1. The number of hydrogen-bond donors (Lipinski definition) is 2. The first-order valence-corrected chi connectivity index (χ1v) is 8.88. The first-order valence-electron chi connectivity index (χ1n) is 7.40. The van der Waals surface area contributed by atoms with Gasteiger partial charge in [0.1, 0.15) is 0 Å². The summed E-state index contributed by atoms with van der Waals surface area (Å²) in [5.41, 5.74) is 1.12. The van der Waals surface area contributed by atoms with E-state index in [1.54, 1.807) is 49.4 Å². The lowest BCUT2D eigenvalue weighted by Gasteiger charge is -2.13. The number of aryl methyl sites for hydroxylation is 1. The molecule has 0 fully saturated rings. The van der Waals surface area contributed by atoms with E-state index < -0.39 is 10.0 Å². The highest BCUT2D eigenvalue weighted by atomic mass is 32.2. The van der Waals surface area contributed by atoms with Gasteiger partial charge in [0.25, 0.3) is 15.9 Å². The first-order chi connectivity index (χ1) is 11.5. The van der Waals surface area contributed by atoms with Crippen LogP contribution in [0.4, 0.5) is 5.69 Å². The molecular weight excluding hydrogens is 328 g/mol. The molecule has 0 atom stereocenters. The molecule has 2 aromatic rings. The number of para-hydroxylation sites is 1. The number of ether oxygens (including phenoxy) is 1. The number of hydrogen-bond acceptors (Lipinski definition) is 4. The summed E-state index contributed by atoms with van der Waals surface area (Å²) < 4.78 is 32.6. The van der Waals surface area contributed by atoms with Crippen LogP contribution >= 0.6 is 0 Å². The van der Waals surface area contributed by atoms with Crippen LogP contribution in [0.3, 0.4) is 0 Å². The molecule has 0 aliphatic carbocycles. The summed E-state index contributed by atoms with van der Waals surface area (Å²) in [6.07, 6.45) is 0. The summed E-state index contributed by atoms with van der Waals surface area (Å²) in [4.78, 5) is 12.4. The van der Waals surface area contributed by atoms with Crippen LogP contribution in [0.5, 0.6) is 0 Å². The van der Waals surface area contributed by atoms with Crippen molar-refractivity contribution >= 4 is 21.6 Å². The summed E-state index contributed by atoms with van der Waals surface area (Å²) in [6, 6.07) is 13.1. The molecule has 2 rings (SSSR count). The first kappa shape index (κ1) is 18.0. The second-order valence-corrected chi connectivity index (χ2v) is 6.82. The Morgan fingerprint density at radius 3 is 2.46 bits per heavy atom. The monoisotopic (exact) mass is 348 g/mol. The number of carbonyl (C=O) groups excluding carboxylic acids is 1. The Kier molecular flexibility index (Phi) is 5.94. The van der Waals surface area contributed by atoms with Gasteiger partial charge in [-0.15, -0.1) is 0 Å². The average molecular weight is 348 g/mol. The Morgan fingerprint density at radius 2 is 1.75 bits per heavy atom. The number of sulfonamides is 1. The predicted molar refractivity (Wildman–Crippen MR) is 92.6 cm³/mol. The van der Waals surface area contributed by atoms with Gasteiger partial charge in [0.15, 0.2) is 0 Å². The van der Waals surface area contributed by atoms with Crippen LogP contribution in [0.15, 0.2) is 53.4 Å². The molecule has 0 aliphatic heterocycles. The van der Waals surface area contributed by atoms with Crippen molar-refractivity contribution in [3.63, 3.8) is 0 Å². The molecule has 0 aromatic heterocycles. The molecule has 0 bridgehead atoms. The van der Waals surface area contributed by atoms with E-state index in [4.69, 9.17) is 4.74 Å². The van der Waals surface area contributed by atoms with Crippen molar-refractivity contribution in [2.45, 2.75) is 11.8 Å². The van der Waals surface area contributed by atoms with Gasteiger partial charge in [0.05, 0.1) is 22.8 Å². The van der Waals surface area contributed by atoms with Gasteiger partial charge in [-0.2, -0.15) is 0 Å². The minimum atomic E-state index is -3.78. The molecule has 0 heterocycles. The molecule has 0 saturated heterocycles. The Balaban J connectivity index is 2.27. The molecule has 7 heteroatoms. The fraction of sp³-hybridized carbons (Fsp3) is 0.235. The second kappa shape index (κ2) is 7.94. The zero-order valence-electron chi connectivity index (χ0n) is 13.6. The van der Waals surface area contributed by atoms with Gasteiger partial charge in [0.2, 0.25) is 0 Å². The maximum atomic E-state index is 12.6. The molecule has 0 unspecified atom stereocenters.